The van der Waals surface area contributed by atoms with Crippen molar-refractivity contribution in [2.45, 2.75) is 6.54 Å². The maximum absolute atomic E-state index is 12.7. The van der Waals surface area contributed by atoms with Crippen LogP contribution in [0.25, 0.3) is 16.6 Å². The van der Waals surface area contributed by atoms with E-state index >= 15 is 0 Å². The van der Waals surface area contributed by atoms with Gasteiger partial charge in [0, 0.05) is 18.0 Å². The number of anilines is 1. The molecule has 1 saturated heterocycles. The van der Waals surface area contributed by atoms with Gasteiger partial charge >= 0.3 is 0 Å². The molecule has 0 aliphatic carbocycles. The molecule has 1 N–H and O–H groups in total. The normalized spacial score (nSPS) is 14.2. The van der Waals surface area contributed by atoms with Crippen molar-refractivity contribution in [2.75, 3.05) is 31.2 Å². The summed E-state index contributed by atoms with van der Waals surface area (Å²) >= 11 is 1.63. The second-order valence-corrected chi connectivity index (χ2v) is 8.23. The highest BCUT2D eigenvalue weighted by atomic mass is 32.1. The summed E-state index contributed by atoms with van der Waals surface area (Å²) in [6, 6.07) is 20.4. The molecule has 0 unspecified atom stereocenters. The van der Waals surface area contributed by atoms with Crippen LogP contribution in [0.15, 0.2) is 66.0 Å². The number of morpholine rings is 1. The van der Waals surface area contributed by atoms with Gasteiger partial charge in [-0.25, -0.2) is 4.52 Å². The lowest BCUT2D eigenvalue weighted by Crippen LogP contribution is -2.37. The molecule has 1 fully saturated rings. The van der Waals surface area contributed by atoms with Gasteiger partial charge in [-0.1, -0.05) is 36.4 Å². The molecule has 0 atom stereocenters. The largest absolute Gasteiger partial charge is 0.378 e. The third kappa shape index (κ3) is 3.81. The van der Waals surface area contributed by atoms with Crippen molar-refractivity contribution in [3.05, 3.63) is 76.6 Å². The first-order valence-electron chi connectivity index (χ1n) is 10.0. The van der Waals surface area contributed by atoms with E-state index in [-0.39, 0.29) is 5.91 Å². The molecule has 0 bridgehead atoms. The number of hydrogen-bond donors (Lipinski definition) is 1. The van der Waals surface area contributed by atoms with Gasteiger partial charge in [-0.3, -0.25) is 4.79 Å². The van der Waals surface area contributed by atoms with Crippen LogP contribution in [0, 0.1) is 0 Å². The second kappa shape index (κ2) is 8.30. The van der Waals surface area contributed by atoms with E-state index in [4.69, 9.17) is 4.74 Å². The molecule has 30 heavy (non-hydrogen) atoms. The van der Waals surface area contributed by atoms with Crippen LogP contribution in [0.2, 0.25) is 0 Å². The zero-order valence-corrected chi connectivity index (χ0v) is 17.3. The van der Waals surface area contributed by atoms with Gasteiger partial charge in [0.25, 0.3) is 5.91 Å². The van der Waals surface area contributed by atoms with Crippen molar-refractivity contribution in [3.63, 3.8) is 0 Å². The fraction of sp³-hybridized carbons (Fsp3) is 0.217. The van der Waals surface area contributed by atoms with Crippen LogP contribution in [0.4, 0.5) is 5.82 Å². The van der Waals surface area contributed by atoms with Crippen LogP contribution in [-0.4, -0.2) is 41.8 Å². The first kappa shape index (κ1) is 18.8. The Labute approximate surface area is 178 Å². The van der Waals surface area contributed by atoms with E-state index < -0.39 is 0 Å². The van der Waals surface area contributed by atoms with Gasteiger partial charge in [-0.2, -0.15) is 5.10 Å². The van der Waals surface area contributed by atoms with E-state index in [0.29, 0.717) is 25.5 Å². The quantitative estimate of drug-likeness (QED) is 0.535. The molecule has 6 nitrogen and oxygen atoms in total. The predicted octanol–water partition coefficient (Wildman–Crippen LogP) is 3.83. The average Bonchev–Trinajstić information content (AvgIpc) is 3.48. The van der Waals surface area contributed by atoms with E-state index in [9.17, 15) is 4.79 Å². The first-order valence-corrected chi connectivity index (χ1v) is 10.9. The molecule has 1 aliphatic heterocycles. The summed E-state index contributed by atoms with van der Waals surface area (Å²) in [5.74, 6) is 0.813. The molecule has 4 heterocycles. The highest BCUT2D eigenvalue weighted by molar-refractivity contribution is 7.09. The topological polar surface area (TPSA) is 58.9 Å². The summed E-state index contributed by atoms with van der Waals surface area (Å²) in [6.07, 6.45) is 0. The Kier molecular flexibility index (Phi) is 5.21. The molecule has 0 radical (unpaired) electrons. The summed E-state index contributed by atoms with van der Waals surface area (Å²) in [5, 5.41) is 9.62. The summed E-state index contributed by atoms with van der Waals surface area (Å²) < 4.78 is 7.40. The number of hydrogen-bond acceptors (Lipinski definition) is 5. The number of fused-ring (bicyclic) bond motifs is 1. The number of rotatable bonds is 5. The summed E-state index contributed by atoms with van der Waals surface area (Å²) in [7, 11) is 0. The van der Waals surface area contributed by atoms with Gasteiger partial charge in [0.1, 0.15) is 5.82 Å². The van der Waals surface area contributed by atoms with Crippen LogP contribution in [0.1, 0.15) is 15.4 Å². The van der Waals surface area contributed by atoms with Gasteiger partial charge < -0.3 is 15.0 Å². The molecule has 152 valence electrons. The van der Waals surface area contributed by atoms with Gasteiger partial charge in [-0.05, 0) is 40.8 Å². The number of pyridine rings is 1. The van der Waals surface area contributed by atoms with Gasteiger partial charge in [0.15, 0.2) is 5.69 Å². The van der Waals surface area contributed by atoms with Crippen molar-refractivity contribution >= 4 is 28.6 Å². The molecule has 3 aromatic heterocycles. The standard InChI is InChI=1S/C23H22N4O2S/c28-23(24-16-20-7-4-12-30-20)21-15-19-13-18(17-5-2-1-3-6-17)14-22(27(19)25-21)26-8-10-29-11-9-26/h1-7,12-15H,8-11,16H2,(H,24,28). The van der Waals surface area contributed by atoms with Crippen LogP contribution < -0.4 is 10.2 Å². The minimum absolute atomic E-state index is 0.165. The number of carbonyl (C=O) groups is 1. The lowest BCUT2D eigenvalue weighted by Gasteiger charge is -2.29. The molecule has 0 saturated carbocycles. The van der Waals surface area contributed by atoms with Crippen LogP contribution in [-0.2, 0) is 11.3 Å². The second-order valence-electron chi connectivity index (χ2n) is 7.20. The molecule has 5 rings (SSSR count). The Morgan fingerprint density at radius 2 is 1.87 bits per heavy atom. The Balaban J connectivity index is 1.52. The molecule has 0 spiro atoms. The van der Waals surface area contributed by atoms with Gasteiger partial charge in [-0.15, -0.1) is 11.3 Å². The molecular formula is C23H22N4O2S. The predicted molar refractivity (Wildman–Crippen MR) is 119 cm³/mol. The maximum atomic E-state index is 12.7. The van der Waals surface area contributed by atoms with Crippen LogP contribution in [0.3, 0.4) is 0 Å². The fourth-order valence-electron chi connectivity index (χ4n) is 3.68. The van der Waals surface area contributed by atoms with E-state index in [1.807, 2.05) is 46.3 Å². The fourth-order valence-corrected chi connectivity index (χ4v) is 4.32. The average molecular weight is 419 g/mol. The lowest BCUT2D eigenvalue weighted by atomic mass is 10.1. The Hall–Kier alpha value is -3.16. The molecule has 1 aromatic carbocycles. The molecule has 1 aliphatic rings. The zero-order valence-electron chi connectivity index (χ0n) is 16.5. The molecule has 7 heteroatoms. The molecular weight excluding hydrogens is 396 g/mol. The minimum Gasteiger partial charge on any atom is -0.378 e. The summed E-state index contributed by atoms with van der Waals surface area (Å²) in [4.78, 5) is 16.1. The minimum atomic E-state index is -0.165. The van der Waals surface area contributed by atoms with Crippen molar-refractivity contribution in [2.24, 2.45) is 0 Å². The Morgan fingerprint density at radius 3 is 2.63 bits per heavy atom. The number of ether oxygens (including phenoxy) is 1. The van der Waals surface area contributed by atoms with Crippen LogP contribution >= 0.6 is 11.3 Å². The number of aromatic nitrogens is 2. The van der Waals surface area contributed by atoms with Crippen molar-refractivity contribution in [1.82, 2.24) is 14.9 Å². The van der Waals surface area contributed by atoms with Gasteiger partial charge in [0.05, 0.1) is 25.3 Å². The number of nitrogens with zero attached hydrogens (tertiary/aromatic N) is 3. The SMILES string of the molecule is O=C(NCc1cccs1)c1cc2cc(-c3ccccc3)cc(N3CCOCC3)n2n1. The molecule has 4 aromatic rings. The highest BCUT2D eigenvalue weighted by Gasteiger charge is 2.19. The molecule has 1 amide bonds. The summed E-state index contributed by atoms with van der Waals surface area (Å²) in [5.41, 5.74) is 3.57. The number of nitrogens with one attached hydrogen (secondary N) is 1. The van der Waals surface area contributed by atoms with Gasteiger partial charge in [0.2, 0.25) is 0 Å². The summed E-state index contributed by atoms with van der Waals surface area (Å²) in [6.45, 7) is 3.48. The van der Waals surface area contributed by atoms with E-state index in [2.05, 4.69) is 39.6 Å². The smallest absolute Gasteiger partial charge is 0.272 e. The van der Waals surface area contributed by atoms with Crippen LogP contribution in [0.5, 0.6) is 0 Å². The number of benzene rings is 1. The monoisotopic (exact) mass is 418 g/mol. The first-order chi connectivity index (χ1) is 14.8. The number of amides is 1. The third-order valence-electron chi connectivity index (χ3n) is 5.22. The van der Waals surface area contributed by atoms with E-state index in [1.165, 1.54) is 0 Å². The Morgan fingerprint density at radius 1 is 1.03 bits per heavy atom. The highest BCUT2D eigenvalue weighted by Crippen LogP contribution is 2.28. The van der Waals surface area contributed by atoms with Crippen molar-refractivity contribution in [1.29, 1.82) is 0 Å². The maximum Gasteiger partial charge on any atom is 0.272 e. The lowest BCUT2D eigenvalue weighted by molar-refractivity contribution is 0.0946. The Bertz CT molecular complexity index is 1150. The van der Waals surface area contributed by atoms with E-state index in [1.54, 1.807) is 11.3 Å². The third-order valence-corrected chi connectivity index (χ3v) is 6.10. The zero-order chi connectivity index (χ0) is 20.3. The number of thiophene rings is 1. The van der Waals surface area contributed by atoms with Crippen molar-refractivity contribution < 1.29 is 9.53 Å². The van der Waals surface area contributed by atoms with E-state index in [0.717, 1.165) is 40.4 Å². The number of carbonyl (C=O) groups excluding carboxylic acids is 1. The van der Waals surface area contributed by atoms with Crippen molar-refractivity contribution in [3.8, 4) is 11.1 Å².